The number of aliphatic hydroxyl groups excluding tert-OH is 1. The Hall–Kier alpha value is -0.390. The Bertz CT molecular complexity index is 172. The third-order valence-corrected chi connectivity index (χ3v) is 1.54. The van der Waals surface area contributed by atoms with Crippen molar-refractivity contribution in [3.63, 3.8) is 0 Å². The van der Waals surface area contributed by atoms with Gasteiger partial charge in [-0.1, -0.05) is 13.8 Å². The van der Waals surface area contributed by atoms with Gasteiger partial charge in [-0.3, -0.25) is 0 Å². The highest BCUT2D eigenvalue weighted by Gasteiger charge is 2.58. The SMILES string of the molecule is CC(C)(CO)CC(F)(F)C(F)(F)F. The van der Waals surface area contributed by atoms with Gasteiger partial charge in [0.25, 0.3) is 0 Å². The summed E-state index contributed by atoms with van der Waals surface area (Å²) in [5, 5.41) is 8.52. The van der Waals surface area contributed by atoms with Crippen LogP contribution in [0.1, 0.15) is 20.3 Å². The summed E-state index contributed by atoms with van der Waals surface area (Å²) in [7, 11) is 0. The Kier molecular flexibility index (Phi) is 3.30. The maximum absolute atomic E-state index is 12.4. The lowest BCUT2D eigenvalue weighted by molar-refractivity contribution is -0.292. The first-order valence-corrected chi connectivity index (χ1v) is 3.57. The number of aliphatic hydroxyl groups is 1. The Balaban J connectivity index is 4.52. The fourth-order valence-corrected chi connectivity index (χ4v) is 0.757. The zero-order valence-corrected chi connectivity index (χ0v) is 7.25. The Morgan fingerprint density at radius 3 is 1.62 bits per heavy atom. The Morgan fingerprint density at radius 1 is 1.00 bits per heavy atom. The molecule has 0 bridgehead atoms. The first kappa shape index (κ1) is 12.6. The molecule has 0 fully saturated rings. The number of halogens is 5. The average molecular weight is 206 g/mol. The molecule has 0 aromatic heterocycles. The molecule has 0 amide bonds. The molecule has 0 aliphatic rings. The summed E-state index contributed by atoms with van der Waals surface area (Å²) >= 11 is 0. The Morgan fingerprint density at radius 2 is 1.38 bits per heavy atom. The lowest BCUT2D eigenvalue weighted by Crippen LogP contribution is -2.41. The van der Waals surface area contributed by atoms with Crippen molar-refractivity contribution in [2.45, 2.75) is 32.4 Å². The number of rotatable bonds is 3. The van der Waals surface area contributed by atoms with Crippen molar-refractivity contribution < 1.29 is 27.1 Å². The minimum absolute atomic E-state index is 0.710. The van der Waals surface area contributed by atoms with Crippen molar-refractivity contribution in [2.24, 2.45) is 5.41 Å². The van der Waals surface area contributed by atoms with Crippen LogP contribution in [0.3, 0.4) is 0 Å². The molecule has 0 saturated heterocycles. The van der Waals surface area contributed by atoms with Crippen LogP contribution < -0.4 is 0 Å². The minimum atomic E-state index is -5.54. The molecule has 0 aromatic rings. The average Bonchev–Trinajstić information content (AvgIpc) is 1.83. The van der Waals surface area contributed by atoms with Crippen molar-refractivity contribution in [2.75, 3.05) is 6.61 Å². The molecular formula is C7H11F5O. The fourth-order valence-electron chi connectivity index (χ4n) is 0.757. The third-order valence-electron chi connectivity index (χ3n) is 1.54. The fraction of sp³-hybridized carbons (Fsp3) is 1.00. The van der Waals surface area contributed by atoms with E-state index in [0.717, 1.165) is 13.8 Å². The zero-order valence-electron chi connectivity index (χ0n) is 7.25. The van der Waals surface area contributed by atoms with Crippen LogP contribution in [0.25, 0.3) is 0 Å². The highest BCUT2D eigenvalue weighted by molar-refractivity contribution is 4.83. The van der Waals surface area contributed by atoms with Gasteiger partial charge in [0.1, 0.15) is 0 Å². The molecular weight excluding hydrogens is 195 g/mol. The van der Waals surface area contributed by atoms with Gasteiger partial charge in [-0.15, -0.1) is 0 Å². The van der Waals surface area contributed by atoms with Gasteiger partial charge < -0.3 is 5.11 Å². The first-order valence-electron chi connectivity index (χ1n) is 3.57. The van der Waals surface area contributed by atoms with Crippen LogP contribution in [0.2, 0.25) is 0 Å². The lowest BCUT2D eigenvalue weighted by Gasteiger charge is -2.28. The lowest BCUT2D eigenvalue weighted by atomic mass is 9.87. The predicted octanol–water partition coefficient (Wildman–Crippen LogP) is 2.59. The summed E-state index contributed by atoms with van der Waals surface area (Å²) in [5.41, 5.74) is -1.43. The van der Waals surface area contributed by atoms with Crippen molar-refractivity contribution in [1.29, 1.82) is 0 Å². The molecule has 80 valence electrons. The highest BCUT2D eigenvalue weighted by atomic mass is 19.4. The molecule has 0 rings (SSSR count). The second-order valence-corrected chi connectivity index (χ2v) is 3.70. The molecule has 6 heteroatoms. The van der Waals surface area contributed by atoms with Gasteiger partial charge in [0, 0.05) is 13.0 Å². The van der Waals surface area contributed by atoms with Gasteiger partial charge in [0.2, 0.25) is 0 Å². The van der Waals surface area contributed by atoms with E-state index in [1.165, 1.54) is 0 Å². The van der Waals surface area contributed by atoms with Crippen LogP contribution >= 0.6 is 0 Å². The summed E-state index contributed by atoms with van der Waals surface area (Å²) in [4.78, 5) is 0. The smallest absolute Gasteiger partial charge is 0.396 e. The molecule has 0 radical (unpaired) electrons. The molecule has 0 aromatic carbocycles. The van der Waals surface area contributed by atoms with E-state index in [1.54, 1.807) is 0 Å². The minimum Gasteiger partial charge on any atom is -0.396 e. The molecule has 0 saturated carbocycles. The van der Waals surface area contributed by atoms with Gasteiger partial charge in [-0.25, -0.2) is 0 Å². The van der Waals surface area contributed by atoms with E-state index in [1.807, 2.05) is 0 Å². The molecule has 0 atom stereocenters. The van der Waals surface area contributed by atoms with E-state index < -0.39 is 30.5 Å². The first-order chi connectivity index (χ1) is 5.52. The van der Waals surface area contributed by atoms with E-state index in [4.69, 9.17) is 5.11 Å². The van der Waals surface area contributed by atoms with Crippen molar-refractivity contribution in [3.05, 3.63) is 0 Å². The molecule has 1 nitrogen and oxygen atoms in total. The Labute approximate surface area is 72.6 Å². The van der Waals surface area contributed by atoms with Gasteiger partial charge in [0.05, 0.1) is 0 Å². The molecule has 1 N–H and O–H groups in total. The summed E-state index contributed by atoms with van der Waals surface area (Å²) in [6.07, 6.45) is -6.94. The number of alkyl halides is 5. The van der Waals surface area contributed by atoms with Crippen molar-refractivity contribution in [3.8, 4) is 0 Å². The predicted molar refractivity (Wildman–Crippen MR) is 36.5 cm³/mol. The van der Waals surface area contributed by atoms with Crippen LogP contribution in [0.4, 0.5) is 22.0 Å². The number of hydrogen-bond donors (Lipinski definition) is 1. The van der Waals surface area contributed by atoms with Crippen LogP contribution in [0, 0.1) is 5.41 Å². The van der Waals surface area contributed by atoms with Crippen LogP contribution in [-0.4, -0.2) is 23.8 Å². The summed E-state index contributed by atoms with van der Waals surface area (Å²) in [6, 6.07) is 0. The van der Waals surface area contributed by atoms with Crippen LogP contribution in [-0.2, 0) is 0 Å². The van der Waals surface area contributed by atoms with E-state index in [-0.39, 0.29) is 0 Å². The van der Waals surface area contributed by atoms with E-state index in [9.17, 15) is 22.0 Å². The van der Waals surface area contributed by atoms with Crippen LogP contribution in [0.5, 0.6) is 0 Å². The molecule has 0 heterocycles. The summed E-state index contributed by atoms with van der Waals surface area (Å²) in [5.74, 6) is -4.74. The monoisotopic (exact) mass is 206 g/mol. The standard InChI is InChI=1S/C7H11F5O/c1-5(2,4-13)3-6(8,9)7(10,11)12/h13H,3-4H2,1-2H3. The summed E-state index contributed by atoms with van der Waals surface area (Å²) < 4.78 is 59.8. The maximum atomic E-state index is 12.4. The third kappa shape index (κ3) is 3.46. The van der Waals surface area contributed by atoms with Gasteiger partial charge in [-0.2, -0.15) is 22.0 Å². The molecule has 0 unspecified atom stereocenters. The van der Waals surface area contributed by atoms with Crippen molar-refractivity contribution in [1.82, 2.24) is 0 Å². The molecule has 0 spiro atoms. The van der Waals surface area contributed by atoms with E-state index in [0.29, 0.717) is 0 Å². The van der Waals surface area contributed by atoms with E-state index >= 15 is 0 Å². The second kappa shape index (κ2) is 3.40. The molecule has 0 aliphatic heterocycles. The molecule has 13 heavy (non-hydrogen) atoms. The normalized spacial score (nSPS) is 14.8. The molecule has 0 aliphatic carbocycles. The second-order valence-electron chi connectivity index (χ2n) is 3.70. The van der Waals surface area contributed by atoms with Gasteiger partial charge >= 0.3 is 12.1 Å². The quantitative estimate of drug-likeness (QED) is 0.703. The number of hydrogen-bond acceptors (Lipinski definition) is 1. The topological polar surface area (TPSA) is 20.2 Å². The van der Waals surface area contributed by atoms with Crippen LogP contribution in [0.15, 0.2) is 0 Å². The van der Waals surface area contributed by atoms with Crippen molar-refractivity contribution >= 4 is 0 Å². The maximum Gasteiger partial charge on any atom is 0.453 e. The van der Waals surface area contributed by atoms with E-state index in [2.05, 4.69) is 0 Å². The van der Waals surface area contributed by atoms with Gasteiger partial charge in [0.15, 0.2) is 0 Å². The zero-order chi connectivity index (χ0) is 10.9. The highest BCUT2D eigenvalue weighted by Crippen LogP contribution is 2.43. The van der Waals surface area contributed by atoms with Gasteiger partial charge in [-0.05, 0) is 5.41 Å². The summed E-state index contributed by atoms with van der Waals surface area (Å²) in [6.45, 7) is 1.58. The largest absolute Gasteiger partial charge is 0.453 e.